The number of nitrogens with one attached hydrogen (secondary N) is 1. The van der Waals surface area contributed by atoms with E-state index < -0.39 is 11.5 Å². The number of carbonyl (C=O) groups excluding carboxylic acids is 1. The number of hydrogen-bond acceptors (Lipinski definition) is 3. The summed E-state index contributed by atoms with van der Waals surface area (Å²) in [6, 6.07) is 0. The standard InChI is InChI=1S/C11H17NO4/c13-9(4-3-8-2-1-7-16-8)12-11(5-6-11)10(14)15/h8H,1-7H2,(H,12,13)(H,14,15). The molecule has 2 aliphatic rings. The van der Waals surface area contributed by atoms with Crippen LogP contribution in [0.15, 0.2) is 0 Å². The molecule has 0 aromatic heterocycles. The Balaban J connectivity index is 1.70. The first-order valence-electron chi connectivity index (χ1n) is 5.78. The van der Waals surface area contributed by atoms with E-state index in [1.807, 2.05) is 0 Å². The molecule has 5 heteroatoms. The molecule has 1 amide bonds. The molecule has 1 saturated heterocycles. The topological polar surface area (TPSA) is 75.6 Å². The Hall–Kier alpha value is -1.10. The third-order valence-corrected chi connectivity index (χ3v) is 3.26. The monoisotopic (exact) mass is 227 g/mol. The average molecular weight is 227 g/mol. The van der Waals surface area contributed by atoms with E-state index in [0.717, 1.165) is 19.4 Å². The number of carboxylic acid groups (broad SMARTS) is 1. The van der Waals surface area contributed by atoms with Gasteiger partial charge in [0.15, 0.2) is 0 Å². The van der Waals surface area contributed by atoms with Crippen molar-refractivity contribution in [3.8, 4) is 0 Å². The van der Waals surface area contributed by atoms with Crippen LogP contribution in [0.4, 0.5) is 0 Å². The summed E-state index contributed by atoms with van der Waals surface area (Å²) in [6.07, 6.45) is 4.41. The third-order valence-electron chi connectivity index (χ3n) is 3.26. The van der Waals surface area contributed by atoms with E-state index in [2.05, 4.69) is 5.32 Å². The number of carbonyl (C=O) groups is 2. The number of carboxylic acids is 1. The Labute approximate surface area is 94.2 Å². The van der Waals surface area contributed by atoms with Gasteiger partial charge >= 0.3 is 5.97 Å². The van der Waals surface area contributed by atoms with Crippen LogP contribution < -0.4 is 5.32 Å². The molecule has 0 radical (unpaired) electrons. The van der Waals surface area contributed by atoms with E-state index in [4.69, 9.17) is 9.84 Å². The van der Waals surface area contributed by atoms with Crippen molar-refractivity contribution in [2.75, 3.05) is 6.61 Å². The lowest BCUT2D eigenvalue weighted by Gasteiger charge is -2.13. The third kappa shape index (κ3) is 2.52. The summed E-state index contributed by atoms with van der Waals surface area (Å²) < 4.78 is 5.40. The maximum absolute atomic E-state index is 11.5. The average Bonchev–Trinajstić information content (AvgIpc) is 2.84. The van der Waals surface area contributed by atoms with Crippen molar-refractivity contribution < 1.29 is 19.4 Å². The summed E-state index contributed by atoms with van der Waals surface area (Å²) in [5.74, 6) is -1.09. The zero-order chi connectivity index (χ0) is 11.6. The fraction of sp³-hybridized carbons (Fsp3) is 0.818. The molecule has 5 nitrogen and oxygen atoms in total. The second-order valence-electron chi connectivity index (χ2n) is 4.61. The van der Waals surface area contributed by atoms with Gasteiger partial charge in [0.2, 0.25) is 5.91 Å². The van der Waals surface area contributed by atoms with Crippen LogP contribution in [0.3, 0.4) is 0 Å². The minimum atomic E-state index is -0.951. The molecule has 16 heavy (non-hydrogen) atoms. The lowest BCUT2D eigenvalue weighted by Crippen LogP contribution is -2.43. The molecule has 0 aromatic carbocycles. The minimum absolute atomic E-state index is 0.171. The first kappa shape index (κ1) is 11.4. The van der Waals surface area contributed by atoms with Crippen molar-refractivity contribution in [3.63, 3.8) is 0 Å². The molecular formula is C11H17NO4. The van der Waals surface area contributed by atoms with Gasteiger partial charge in [0.1, 0.15) is 5.54 Å². The van der Waals surface area contributed by atoms with Crippen LogP contribution in [-0.2, 0) is 14.3 Å². The van der Waals surface area contributed by atoms with Crippen LogP contribution in [0.1, 0.15) is 38.5 Å². The maximum atomic E-state index is 11.5. The summed E-state index contributed by atoms with van der Waals surface area (Å²) in [4.78, 5) is 22.4. The number of aliphatic carboxylic acids is 1. The molecule has 2 rings (SSSR count). The molecule has 1 atom stereocenters. The zero-order valence-electron chi connectivity index (χ0n) is 9.20. The molecule has 90 valence electrons. The van der Waals surface area contributed by atoms with Crippen LogP contribution in [0.25, 0.3) is 0 Å². The van der Waals surface area contributed by atoms with Crippen molar-refractivity contribution in [2.24, 2.45) is 0 Å². The number of ether oxygens (including phenoxy) is 1. The van der Waals surface area contributed by atoms with Gasteiger partial charge in [0.05, 0.1) is 6.10 Å². The highest BCUT2D eigenvalue weighted by molar-refractivity contribution is 5.89. The molecule has 2 N–H and O–H groups in total. The van der Waals surface area contributed by atoms with Gasteiger partial charge in [0, 0.05) is 13.0 Å². The van der Waals surface area contributed by atoms with Gasteiger partial charge in [-0.25, -0.2) is 4.79 Å². The summed E-state index contributed by atoms with van der Waals surface area (Å²) in [5, 5.41) is 11.5. The van der Waals surface area contributed by atoms with E-state index in [-0.39, 0.29) is 12.0 Å². The lowest BCUT2D eigenvalue weighted by molar-refractivity contribution is -0.143. The maximum Gasteiger partial charge on any atom is 0.329 e. The molecule has 2 fully saturated rings. The van der Waals surface area contributed by atoms with Gasteiger partial charge in [-0.05, 0) is 32.1 Å². The highest BCUT2D eigenvalue weighted by Crippen LogP contribution is 2.35. The van der Waals surface area contributed by atoms with Crippen molar-refractivity contribution in [2.45, 2.75) is 50.2 Å². The molecular weight excluding hydrogens is 210 g/mol. The summed E-state index contributed by atoms with van der Waals surface area (Å²) >= 11 is 0. The number of rotatable bonds is 5. The van der Waals surface area contributed by atoms with Crippen molar-refractivity contribution in [3.05, 3.63) is 0 Å². The molecule has 1 heterocycles. The fourth-order valence-electron chi connectivity index (χ4n) is 2.01. The Morgan fingerprint density at radius 2 is 2.19 bits per heavy atom. The Morgan fingerprint density at radius 1 is 1.44 bits per heavy atom. The summed E-state index contributed by atoms with van der Waals surface area (Å²) in [7, 11) is 0. The minimum Gasteiger partial charge on any atom is -0.480 e. The summed E-state index contributed by atoms with van der Waals surface area (Å²) in [6.45, 7) is 0.783. The van der Waals surface area contributed by atoms with Crippen LogP contribution in [0.2, 0.25) is 0 Å². The first-order valence-corrected chi connectivity index (χ1v) is 5.78. The quantitative estimate of drug-likeness (QED) is 0.724. The van der Waals surface area contributed by atoms with E-state index in [0.29, 0.717) is 25.7 Å². The second kappa shape index (κ2) is 4.41. The second-order valence-corrected chi connectivity index (χ2v) is 4.61. The molecule has 1 aliphatic heterocycles. The molecule has 1 saturated carbocycles. The van der Waals surface area contributed by atoms with Crippen molar-refractivity contribution >= 4 is 11.9 Å². The predicted molar refractivity (Wildman–Crippen MR) is 56.0 cm³/mol. The van der Waals surface area contributed by atoms with Gasteiger partial charge in [-0.1, -0.05) is 0 Å². The largest absolute Gasteiger partial charge is 0.480 e. The van der Waals surface area contributed by atoms with Gasteiger partial charge < -0.3 is 15.2 Å². The highest BCUT2D eigenvalue weighted by Gasteiger charge is 2.51. The highest BCUT2D eigenvalue weighted by atomic mass is 16.5. The van der Waals surface area contributed by atoms with Crippen LogP contribution in [-0.4, -0.2) is 35.2 Å². The number of amides is 1. The normalized spacial score (nSPS) is 26.4. The fourth-order valence-corrected chi connectivity index (χ4v) is 2.01. The van der Waals surface area contributed by atoms with Crippen molar-refractivity contribution in [1.29, 1.82) is 0 Å². The molecule has 1 unspecified atom stereocenters. The van der Waals surface area contributed by atoms with Gasteiger partial charge in [-0.3, -0.25) is 4.79 Å². The Bertz CT molecular complexity index is 292. The zero-order valence-corrected chi connectivity index (χ0v) is 9.20. The van der Waals surface area contributed by atoms with E-state index >= 15 is 0 Å². The van der Waals surface area contributed by atoms with Crippen LogP contribution >= 0.6 is 0 Å². The van der Waals surface area contributed by atoms with Crippen LogP contribution in [0.5, 0.6) is 0 Å². The lowest BCUT2D eigenvalue weighted by atomic mass is 10.1. The van der Waals surface area contributed by atoms with E-state index in [9.17, 15) is 9.59 Å². The van der Waals surface area contributed by atoms with Gasteiger partial charge in [-0.15, -0.1) is 0 Å². The van der Waals surface area contributed by atoms with Gasteiger partial charge in [0.25, 0.3) is 0 Å². The molecule has 1 aliphatic carbocycles. The number of hydrogen-bond donors (Lipinski definition) is 2. The SMILES string of the molecule is O=C(CCC1CCCO1)NC1(C(=O)O)CC1. The Morgan fingerprint density at radius 3 is 2.69 bits per heavy atom. The van der Waals surface area contributed by atoms with Crippen molar-refractivity contribution in [1.82, 2.24) is 5.32 Å². The smallest absolute Gasteiger partial charge is 0.329 e. The Kier molecular flexibility index (Phi) is 3.14. The molecule has 0 aromatic rings. The van der Waals surface area contributed by atoms with E-state index in [1.54, 1.807) is 0 Å². The summed E-state index contributed by atoms with van der Waals surface area (Å²) in [5.41, 5.74) is -0.951. The van der Waals surface area contributed by atoms with E-state index in [1.165, 1.54) is 0 Å². The van der Waals surface area contributed by atoms with Crippen LogP contribution in [0, 0.1) is 0 Å². The van der Waals surface area contributed by atoms with Gasteiger partial charge in [-0.2, -0.15) is 0 Å². The molecule has 0 spiro atoms. The molecule has 0 bridgehead atoms. The predicted octanol–water partition coefficient (Wildman–Crippen LogP) is 0.679. The first-order chi connectivity index (χ1) is 7.62.